The Bertz CT molecular complexity index is 1620. The van der Waals surface area contributed by atoms with Gasteiger partial charge in [-0.1, -0.05) is 0 Å². The Labute approximate surface area is 212 Å². The lowest BCUT2D eigenvalue weighted by molar-refractivity contribution is -0.192. The normalized spacial score (nSPS) is 15.2. The van der Waals surface area contributed by atoms with Gasteiger partial charge in [0.1, 0.15) is 23.3 Å². The highest BCUT2D eigenvalue weighted by Crippen LogP contribution is 2.37. The summed E-state index contributed by atoms with van der Waals surface area (Å²) < 4.78 is 73.5. The van der Waals surface area contributed by atoms with Crippen molar-refractivity contribution >= 4 is 27.0 Å². The lowest BCUT2D eigenvalue weighted by atomic mass is 9.89. The molecule has 0 amide bonds. The number of aromatic nitrogens is 5. The summed E-state index contributed by atoms with van der Waals surface area (Å²) in [5.74, 6) is -3.26. The largest absolute Gasteiger partial charge is 0.490 e. The molecule has 1 aromatic carbocycles. The fourth-order valence-corrected chi connectivity index (χ4v) is 5.43. The Kier molecular flexibility index (Phi) is 6.91. The second kappa shape index (κ2) is 9.84. The van der Waals surface area contributed by atoms with Crippen molar-refractivity contribution in [1.82, 2.24) is 29.0 Å². The van der Waals surface area contributed by atoms with E-state index in [9.17, 15) is 31.2 Å². The highest BCUT2D eigenvalue weighted by atomic mass is 32.2. The van der Waals surface area contributed by atoms with Gasteiger partial charge in [0.25, 0.3) is 0 Å². The third kappa shape index (κ3) is 5.06. The number of H-pyrrole nitrogens is 1. The maximum Gasteiger partial charge on any atom is 0.490 e. The Morgan fingerprint density at radius 2 is 1.84 bits per heavy atom. The number of carboxylic acids is 1. The molecule has 1 fully saturated rings. The fraction of sp³-hybridized carbons (Fsp3) is 0.227. The van der Waals surface area contributed by atoms with Crippen molar-refractivity contribution < 1.29 is 35.9 Å². The maximum atomic E-state index is 13.2. The third-order valence-corrected chi connectivity index (χ3v) is 7.55. The number of alkyl halides is 3. The number of benzene rings is 1. The lowest BCUT2D eigenvalue weighted by Gasteiger charge is -2.47. The molecule has 0 aliphatic carbocycles. The summed E-state index contributed by atoms with van der Waals surface area (Å²) in [6, 6.07) is 8.70. The average molecular weight is 551 g/mol. The van der Waals surface area contributed by atoms with Gasteiger partial charge in [-0.3, -0.25) is 4.68 Å². The molecule has 198 valence electrons. The minimum atomic E-state index is -5.08. The molecule has 5 rings (SSSR count). The van der Waals surface area contributed by atoms with Gasteiger partial charge in [-0.25, -0.2) is 27.6 Å². The van der Waals surface area contributed by atoms with Crippen LogP contribution in [0.1, 0.15) is 6.42 Å². The Balaban J connectivity index is 0.000000426. The first-order valence-electron chi connectivity index (χ1n) is 10.6. The molecule has 3 aromatic heterocycles. The van der Waals surface area contributed by atoms with E-state index in [0.717, 1.165) is 23.1 Å². The van der Waals surface area contributed by atoms with Gasteiger partial charge in [0.15, 0.2) is 0 Å². The number of hydrogen-bond donors (Lipinski definition) is 2. The van der Waals surface area contributed by atoms with Crippen molar-refractivity contribution in [2.24, 2.45) is 0 Å². The van der Waals surface area contributed by atoms with Gasteiger partial charge in [0, 0.05) is 36.4 Å². The highest BCUT2D eigenvalue weighted by Gasteiger charge is 2.50. The minimum absolute atomic E-state index is 0.0106. The van der Waals surface area contributed by atoms with Crippen LogP contribution in [-0.2, 0) is 20.4 Å². The topological polar surface area (TPSA) is 158 Å². The zero-order valence-electron chi connectivity index (χ0n) is 19.1. The molecule has 0 spiro atoms. The molecule has 1 aliphatic heterocycles. The molecule has 4 aromatic rings. The predicted molar refractivity (Wildman–Crippen MR) is 122 cm³/mol. The van der Waals surface area contributed by atoms with Crippen LogP contribution >= 0.6 is 0 Å². The second-order valence-electron chi connectivity index (χ2n) is 8.22. The summed E-state index contributed by atoms with van der Waals surface area (Å²) in [5.41, 5.74) is 1.35. The number of rotatable bonds is 5. The molecule has 0 unspecified atom stereocenters. The van der Waals surface area contributed by atoms with E-state index in [-0.39, 0.29) is 24.4 Å². The van der Waals surface area contributed by atoms with E-state index in [1.54, 1.807) is 23.3 Å². The summed E-state index contributed by atoms with van der Waals surface area (Å²) in [7, 11) is -3.79. The van der Waals surface area contributed by atoms with Crippen LogP contribution in [0.5, 0.6) is 0 Å². The summed E-state index contributed by atoms with van der Waals surface area (Å²) in [6.45, 7) is 0.176. The number of nitrogens with one attached hydrogen (secondary N) is 1. The average Bonchev–Trinajstić information content (AvgIpc) is 3.51. The summed E-state index contributed by atoms with van der Waals surface area (Å²) >= 11 is 0. The van der Waals surface area contributed by atoms with Crippen molar-refractivity contribution in [2.45, 2.75) is 23.0 Å². The maximum absolute atomic E-state index is 13.2. The molecule has 2 N–H and O–H groups in total. The number of sulfonamides is 1. The van der Waals surface area contributed by atoms with Crippen molar-refractivity contribution in [2.75, 3.05) is 13.1 Å². The van der Waals surface area contributed by atoms with Crippen LogP contribution in [-0.4, -0.2) is 67.8 Å². The van der Waals surface area contributed by atoms with Gasteiger partial charge in [0.05, 0.1) is 29.3 Å². The Hall–Kier alpha value is -4.36. The molecule has 0 bridgehead atoms. The summed E-state index contributed by atoms with van der Waals surface area (Å²) in [6.07, 6.45) is 1.65. The number of aromatic amines is 1. The molecule has 11 nitrogen and oxygen atoms in total. The molecule has 1 aliphatic rings. The van der Waals surface area contributed by atoms with Crippen molar-refractivity contribution in [1.29, 1.82) is 5.26 Å². The van der Waals surface area contributed by atoms with Gasteiger partial charge >= 0.3 is 12.1 Å². The third-order valence-electron chi connectivity index (χ3n) is 5.74. The minimum Gasteiger partial charge on any atom is -0.475 e. The number of hydrogen-bond acceptors (Lipinski definition) is 7. The quantitative estimate of drug-likeness (QED) is 0.359. The van der Waals surface area contributed by atoms with Crippen LogP contribution in [0.25, 0.3) is 22.3 Å². The molecule has 0 saturated carbocycles. The molecule has 4 heterocycles. The van der Waals surface area contributed by atoms with Crippen LogP contribution in [0.15, 0.2) is 60.1 Å². The monoisotopic (exact) mass is 551 g/mol. The van der Waals surface area contributed by atoms with E-state index in [0.29, 0.717) is 11.3 Å². The molecular weight excluding hydrogens is 534 g/mol. The van der Waals surface area contributed by atoms with Crippen molar-refractivity contribution in [3.05, 3.63) is 61.1 Å². The molecule has 38 heavy (non-hydrogen) atoms. The van der Waals surface area contributed by atoms with Crippen LogP contribution in [0.4, 0.5) is 17.6 Å². The Morgan fingerprint density at radius 3 is 2.45 bits per heavy atom. The number of aliphatic carboxylic acids is 1. The SMILES string of the molecule is N#CCC1(n2cc(-c3ncnc4[nH]ccc34)cn2)CN(S(=O)(=O)c2ccc(F)cc2)C1.O=C(O)C(F)(F)F. The first-order valence-corrected chi connectivity index (χ1v) is 12.1. The van der Waals surface area contributed by atoms with E-state index in [1.165, 1.54) is 22.8 Å². The number of nitrogens with zero attached hydrogens (tertiary/aromatic N) is 6. The number of carbonyl (C=O) groups is 1. The van der Waals surface area contributed by atoms with Gasteiger partial charge in [-0.2, -0.15) is 27.8 Å². The molecule has 16 heteroatoms. The van der Waals surface area contributed by atoms with Gasteiger partial charge in [0.2, 0.25) is 10.0 Å². The number of fused-ring (bicyclic) bond motifs is 1. The molecule has 1 saturated heterocycles. The lowest BCUT2D eigenvalue weighted by Crippen LogP contribution is -2.64. The number of carboxylic acid groups (broad SMARTS) is 1. The number of nitriles is 1. The van der Waals surface area contributed by atoms with Crippen LogP contribution in [0.2, 0.25) is 0 Å². The zero-order chi connectivity index (χ0) is 27.7. The van der Waals surface area contributed by atoms with E-state index < -0.39 is 33.5 Å². The fourth-order valence-electron chi connectivity index (χ4n) is 3.83. The van der Waals surface area contributed by atoms with Crippen LogP contribution < -0.4 is 0 Å². The smallest absolute Gasteiger partial charge is 0.475 e. The highest BCUT2D eigenvalue weighted by molar-refractivity contribution is 7.89. The van der Waals surface area contributed by atoms with Crippen molar-refractivity contribution in [3.63, 3.8) is 0 Å². The van der Waals surface area contributed by atoms with Crippen LogP contribution in [0.3, 0.4) is 0 Å². The van der Waals surface area contributed by atoms with Gasteiger partial charge in [-0.05, 0) is 30.3 Å². The first kappa shape index (κ1) is 26.7. The van der Waals surface area contributed by atoms with E-state index in [4.69, 9.17) is 9.90 Å². The van der Waals surface area contributed by atoms with Gasteiger partial charge in [-0.15, -0.1) is 0 Å². The zero-order valence-corrected chi connectivity index (χ0v) is 19.9. The van der Waals surface area contributed by atoms with Crippen molar-refractivity contribution in [3.8, 4) is 17.3 Å². The number of halogens is 4. The van der Waals surface area contributed by atoms with Gasteiger partial charge < -0.3 is 10.1 Å². The van der Waals surface area contributed by atoms with E-state index in [2.05, 4.69) is 26.1 Å². The summed E-state index contributed by atoms with van der Waals surface area (Å²) in [5, 5.41) is 21.8. The van der Waals surface area contributed by atoms with E-state index in [1.807, 2.05) is 6.07 Å². The molecule has 0 radical (unpaired) electrons. The Morgan fingerprint density at radius 1 is 1.18 bits per heavy atom. The standard InChI is InChI=1S/C20H16FN7O2S.C2HF3O2/c21-15-1-3-16(4-2-15)31(29,30)27-11-20(12-27,6-7-22)28-10-14(9-26-28)18-17-5-8-23-19(17)25-13-24-18;3-2(4,5)1(6)7/h1-5,8-10,13H,6,11-12H2,(H,23,24,25);(H,6,7). The molecular formula is C22H17F4N7O4S. The molecule has 0 atom stereocenters. The second-order valence-corrected chi connectivity index (χ2v) is 10.2. The van der Waals surface area contributed by atoms with Crippen LogP contribution in [0, 0.1) is 17.1 Å². The van der Waals surface area contributed by atoms with E-state index >= 15 is 0 Å². The predicted octanol–water partition coefficient (Wildman–Crippen LogP) is 2.91. The summed E-state index contributed by atoms with van der Waals surface area (Å²) in [4.78, 5) is 20.5. The first-order chi connectivity index (χ1) is 17.9.